The van der Waals surface area contributed by atoms with Gasteiger partial charge in [0.05, 0.1) is 11.6 Å². The van der Waals surface area contributed by atoms with Crippen LogP contribution >= 0.6 is 35.8 Å². The topological polar surface area (TPSA) is 9.23 Å². The molecule has 1 atom stereocenters. The summed E-state index contributed by atoms with van der Waals surface area (Å²) < 4.78 is 5.73. The molecule has 1 rings (SSSR count). The molecule has 0 aromatic heterocycles. The molecule has 0 aliphatic carbocycles. The third-order valence-electron chi connectivity index (χ3n) is 2.78. The molecule has 0 aliphatic heterocycles. The second-order valence-electron chi connectivity index (χ2n) is 5.13. The first-order valence-electron chi connectivity index (χ1n) is 5.53. The lowest BCUT2D eigenvalue weighted by atomic mass is 9.82. The normalized spacial score (nSPS) is 13.5. The average Bonchev–Trinajstić information content (AvgIpc) is 2.22. The van der Waals surface area contributed by atoms with Crippen LogP contribution in [0.15, 0.2) is 18.2 Å². The van der Waals surface area contributed by atoms with E-state index < -0.39 is 0 Å². The smallest absolute Gasteiger partial charge is 0.139 e. The lowest BCUT2D eigenvalue weighted by Crippen LogP contribution is -2.28. The molecule has 0 saturated carbocycles. The first-order chi connectivity index (χ1) is 7.84. The van der Waals surface area contributed by atoms with Crippen LogP contribution in [0.5, 0.6) is 5.75 Å². The Hall–Kier alpha value is -0.0500. The Kier molecular flexibility index (Phi) is 5.49. The van der Waals surface area contributed by atoms with E-state index in [1.54, 1.807) is 18.2 Å². The summed E-state index contributed by atoms with van der Waals surface area (Å²) in [6, 6.07) is 5.23. The third-order valence-corrected chi connectivity index (χ3v) is 3.77. The van der Waals surface area contributed by atoms with Crippen molar-refractivity contribution in [3.8, 4) is 5.75 Å². The highest BCUT2D eigenvalue weighted by atomic mass is 35.5. The molecule has 0 radical (unpaired) electrons. The maximum Gasteiger partial charge on any atom is 0.139 e. The summed E-state index contributed by atoms with van der Waals surface area (Å²) in [5.74, 6) is 1.78. The standard InChI is InChI=1S/C13H18Cl2OS/c1-13(2,3)9(8-17)7-16-12-6-10(14)4-5-11(12)15/h4-6,9,17H,7-8H2,1-3H3. The Morgan fingerprint density at radius 3 is 2.47 bits per heavy atom. The Balaban J connectivity index is 2.69. The predicted octanol–water partition coefficient (Wildman–Crippen LogP) is 4.96. The molecular formula is C13H18Cl2OS. The molecular weight excluding hydrogens is 275 g/mol. The fourth-order valence-corrected chi connectivity index (χ4v) is 2.34. The van der Waals surface area contributed by atoms with Gasteiger partial charge in [-0.1, -0.05) is 44.0 Å². The van der Waals surface area contributed by atoms with E-state index in [4.69, 9.17) is 27.9 Å². The minimum atomic E-state index is 0.160. The average molecular weight is 293 g/mol. The number of hydrogen-bond donors (Lipinski definition) is 1. The van der Waals surface area contributed by atoms with E-state index in [9.17, 15) is 0 Å². The molecule has 0 amide bonds. The van der Waals surface area contributed by atoms with Gasteiger partial charge in [0, 0.05) is 17.0 Å². The van der Waals surface area contributed by atoms with Gasteiger partial charge in [-0.25, -0.2) is 0 Å². The summed E-state index contributed by atoms with van der Waals surface area (Å²) in [6.45, 7) is 7.12. The van der Waals surface area contributed by atoms with Gasteiger partial charge in [0.1, 0.15) is 5.75 Å². The Morgan fingerprint density at radius 1 is 1.29 bits per heavy atom. The number of benzene rings is 1. The summed E-state index contributed by atoms with van der Waals surface area (Å²) in [5.41, 5.74) is 0.160. The number of hydrogen-bond acceptors (Lipinski definition) is 2. The molecule has 0 fully saturated rings. The van der Waals surface area contributed by atoms with E-state index in [-0.39, 0.29) is 5.41 Å². The largest absolute Gasteiger partial charge is 0.492 e. The summed E-state index contributed by atoms with van der Waals surface area (Å²) in [6.07, 6.45) is 0. The second kappa shape index (κ2) is 6.21. The van der Waals surface area contributed by atoms with E-state index in [0.29, 0.717) is 28.3 Å². The zero-order valence-electron chi connectivity index (χ0n) is 10.3. The lowest BCUT2D eigenvalue weighted by molar-refractivity contribution is 0.165. The highest BCUT2D eigenvalue weighted by molar-refractivity contribution is 7.80. The van der Waals surface area contributed by atoms with Gasteiger partial charge >= 0.3 is 0 Å². The van der Waals surface area contributed by atoms with Crippen LogP contribution in [0.25, 0.3) is 0 Å². The SMILES string of the molecule is CC(C)(C)C(CS)COc1cc(Cl)ccc1Cl. The molecule has 0 aliphatic rings. The van der Waals surface area contributed by atoms with Crippen molar-refractivity contribution >= 4 is 35.8 Å². The highest BCUT2D eigenvalue weighted by Gasteiger charge is 2.24. The molecule has 0 heterocycles. The Labute approximate surface area is 119 Å². The van der Waals surface area contributed by atoms with E-state index in [1.807, 2.05) is 0 Å². The number of thiol groups is 1. The fraction of sp³-hybridized carbons (Fsp3) is 0.538. The fourth-order valence-electron chi connectivity index (χ4n) is 1.35. The van der Waals surface area contributed by atoms with Crippen molar-refractivity contribution in [2.24, 2.45) is 11.3 Å². The van der Waals surface area contributed by atoms with Crippen molar-refractivity contribution in [3.63, 3.8) is 0 Å². The first kappa shape index (κ1) is 15.0. The lowest BCUT2D eigenvalue weighted by Gasteiger charge is -2.29. The maximum atomic E-state index is 6.03. The molecule has 1 aromatic rings. The van der Waals surface area contributed by atoms with Gasteiger partial charge in [0.25, 0.3) is 0 Å². The molecule has 0 spiro atoms. The van der Waals surface area contributed by atoms with E-state index in [2.05, 4.69) is 33.4 Å². The zero-order valence-corrected chi connectivity index (χ0v) is 12.7. The van der Waals surface area contributed by atoms with Gasteiger partial charge in [-0.3, -0.25) is 0 Å². The van der Waals surface area contributed by atoms with Crippen LogP contribution in [0.1, 0.15) is 20.8 Å². The highest BCUT2D eigenvalue weighted by Crippen LogP contribution is 2.31. The molecule has 0 N–H and O–H groups in total. The number of halogens is 2. The quantitative estimate of drug-likeness (QED) is 0.772. The van der Waals surface area contributed by atoms with Crippen molar-refractivity contribution in [3.05, 3.63) is 28.2 Å². The molecule has 96 valence electrons. The number of ether oxygens (including phenoxy) is 1. The van der Waals surface area contributed by atoms with Gasteiger partial charge in [0.2, 0.25) is 0 Å². The van der Waals surface area contributed by atoms with Crippen molar-refractivity contribution < 1.29 is 4.74 Å². The molecule has 0 saturated heterocycles. The second-order valence-corrected chi connectivity index (χ2v) is 6.34. The summed E-state index contributed by atoms with van der Waals surface area (Å²) in [5, 5.41) is 1.21. The minimum absolute atomic E-state index is 0.160. The zero-order chi connectivity index (χ0) is 13.1. The van der Waals surface area contributed by atoms with Crippen LogP contribution in [0.3, 0.4) is 0 Å². The molecule has 0 bridgehead atoms. The van der Waals surface area contributed by atoms with E-state index in [1.165, 1.54) is 0 Å². The maximum absolute atomic E-state index is 6.03. The number of rotatable bonds is 4. The summed E-state index contributed by atoms with van der Waals surface area (Å²) >= 11 is 16.3. The van der Waals surface area contributed by atoms with Crippen LogP contribution in [-0.2, 0) is 0 Å². The van der Waals surface area contributed by atoms with Gasteiger partial charge < -0.3 is 4.74 Å². The monoisotopic (exact) mass is 292 g/mol. The molecule has 4 heteroatoms. The van der Waals surface area contributed by atoms with Crippen LogP contribution < -0.4 is 4.74 Å². The van der Waals surface area contributed by atoms with Crippen molar-refractivity contribution in [2.75, 3.05) is 12.4 Å². The first-order valence-corrected chi connectivity index (χ1v) is 6.92. The molecule has 1 nitrogen and oxygen atoms in total. The molecule has 1 unspecified atom stereocenters. The summed E-state index contributed by atoms with van der Waals surface area (Å²) in [7, 11) is 0. The minimum Gasteiger partial charge on any atom is -0.492 e. The van der Waals surface area contributed by atoms with Crippen LogP contribution in [-0.4, -0.2) is 12.4 Å². The summed E-state index contributed by atoms with van der Waals surface area (Å²) in [4.78, 5) is 0. The van der Waals surface area contributed by atoms with Gasteiger partial charge in [0.15, 0.2) is 0 Å². The van der Waals surface area contributed by atoms with Gasteiger partial charge in [-0.15, -0.1) is 0 Å². The Bertz CT molecular complexity index is 374. The molecule has 17 heavy (non-hydrogen) atoms. The van der Waals surface area contributed by atoms with Crippen molar-refractivity contribution in [1.29, 1.82) is 0 Å². The van der Waals surface area contributed by atoms with Crippen molar-refractivity contribution in [1.82, 2.24) is 0 Å². The van der Waals surface area contributed by atoms with Crippen LogP contribution in [0.2, 0.25) is 10.0 Å². The van der Waals surface area contributed by atoms with E-state index in [0.717, 1.165) is 5.75 Å². The van der Waals surface area contributed by atoms with Crippen molar-refractivity contribution in [2.45, 2.75) is 20.8 Å². The predicted molar refractivity (Wildman–Crippen MR) is 78.8 cm³/mol. The molecule has 1 aromatic carbocycles. The Morgan fingerprint density at radius 2 is 1.94 bits per heavy atom. The van der Waals surface area contributed by atoms with Crippen LogP contribution in [0.4, 0.5) is 0 Å². The third kappa shape index (κ3) is 4.61. The van der Waals surface area contributed by atoms with E-state index >= 15 is 0 Å². The van der Waals surface area contributed by atoms with Gasteiger partial charge in [-0.05, 0) is 23.3 Å². The van der Waals surface area contributed by atoms with Crippen LogP contribution in [0, 0.1) is 11.3 Å². The van der Waals surface area contributed by atoms with Gasteiger partial charge in [-0.2, -0.15) is 12.6 Å².